The molecule has 4 rings (SSSR count). The second-order valence-electron chi connectivity index (χ2n) is 6.60. The van der Waals surface area contributed by atoms with Gasteiger partial charge in [-0.15, -0.1) is 0 Å². The minimum absolute atomic E-state index is 0.240. The van der Waals surface area contributed by atoms with Crippen LogP contribution in [0.15, 0.2) is 42.6 Å². The molecule has 0 bridgehead atoms. The molecule has 2 aromatic heterocycles. The molecule has 3 aromatic rings. The Kier molecular flexibility index (Phi) is 5.50. The summed E-state index contributed by atoms with van der Waals surface area (Å²) in [4.78, 5) is 19.6. The third-order valence-corrected chi connectivity index (χ3v) is 4.78. The number of ether oxygens (including phenoxy) is 2. The lowest BCUT2D eigenvalue weighted by molar-refractivity contribution is 0.0360. The van der Waals surface area contributed by atoms with Crippen LogP contribution in [0.3, 0.4) is 0 Å². The summed E-state index contributed by atoms with van der Waals surface area (Å²) in [5.41, 5.74) is 1.22. The maximum Gasteiger partial charge on any atom is 0.257 e. The molecular formula is C20H23N5O3. The van der Waals surface area contributed by atoms with Gasteiger partial charge in [0.05, 0.1) is 37.9 Å². The van der Waals surface area contributed by atoms with Gasteiger partial charge < -0.3 is 14.8 Å². The molecule has 146 valence electrons. The van der Waals surface area contributed by atoms with E-state index in [4.69, 9.17) is 9.47 Å². The number of nitrogens with one attached hydrogen (secondary N) is 1. The number of anilines is 1. The number of fused-ring (bicyclic) bond motifs is 1. The van der Waals surface area contributed by atoms with Crippen LogP contribution in [0.2, 0.25) is 0 Å². The van der Waals surface area contributed by atoms with E-state index in [2.05, 4.69) is 20.3 Å². The van der Waals surface area contributed by atoms with Crippen molar-refractivity contribution in [3.8, 4) is 5.88 Å². The number of para-hydroxylation sites is 1. The highest BCUT2D eigenvalue weighted by Crippen LogP contribution is 2.22. The molecular weight excluding hydrogens is 358 g/mol. The number of amides is 1. The van der Waals surface area contributed by atoms with E-state index in [1.54, 1.807) is 12.1 Å². The molecule has 1 fully saturated rings. The zero-order valence-corrected chi connectivity index (χ0v) is 15.8. The number of nitrogens with zero attached hydrogens (tertiary/aromatic N) is 4. The van der Waals surface area contributed by atoms with Crippen molar-refractivity contribution in [2.45, 2.75) is 6.54 Å². The Balaban J connectivity index is 1.45. The summed E-state index contributed by atoms with van der Waals surface area (Å²) in [6, 6.07) is 10.9. The summed E-state index contributed by atoms with van der Waals surface area (Å²) >= 11 is 0. The zero-order chi connectivity index (χ0) is 19.3. The van der Waals surface area contributed by atoms with Crippen molar-refractivity contribution < 1.29 is 14.3 Å². The maximum absolute atomic E-state index is 12.8. The monoisotopic (exact) mass is 381 g/mol. The number of carbonyl (C=O) groups is 1. The summed E-state index contributed by atoms with van der Waals surface area (Å²) in [7, 11) is 1.54. The number of carbonyl (C=O) groups excluding carboxylic acids is 1. The molecule has 1 aliphatic rings. The molecule has 0 aliphatic carbocycles. The van der Waals surface area contributed by atoms with E-state index in [0.717, 1.165) is 44.8 Å². The van der Waals surface area contributed by atoms with E-state index >= 15 is 0 Å². The lowest BCUT2D eigenvalue weighted by atomic mass is 10.1. The van der Waals surface area contributed by atoms with Gasteiger partial charge in [0, 0.05) is 43.4 Å². The summed E-state index contributed by atoms with van der Waals surface area (Å²) in [5, 5.41) is 8.11. The lowest BCUT2D eigenvalue weighted by Gasteiger charge is -2.26. The molecule has 0 spiro atoms. The standard InChI is InChI=1S/C20H23N5O3/c1-27-19-14-16(15-4-2-3-5-17(15)21-19)20(26)22-18-6-7-25(23-18)9-8-24-10-12-28-13-11-24/h2-7,14H,8-13H2,1H3,(H,22,23,26). The molecule has 0 saturated carbocycles. The first-order valence-corrected chi connectivity index (χ1v) is 9.31. The number of hydrogen-bond donors (Lipinski definition) is 1. The Morgan fingerprint density at radius 3 is 2.86 bits per heavy atom. The van der Waals surface area contributed by atoms with E-state index in [1.165, 1.54) is 7.11 Å². The van der Waals surface area contributed by atoms with Crippen molar-refractivity contribution in [2.75, 3.05) is 45.3 Å². The van der Waals surface area contributed by atoms with E-state index in [0.29, 0.717) is 22.8 Å². The van der Waals surface area contributed by atoms with Gasteiger partial charge in [-0.25, -0.2) is 4.98 Å². The molecule has 1 aliphatic heterocycles. The van der Waals surface area contributed by atoms with Crippen molar-refractivity contribution in [1.82, 2.24) is 19.7 Å². The van der Waals surface area contributed by atoms with E-state index in [9.17, 15) is 4.79 Å². The molecule has 8 nitrogen and oxygen atoms in total. The fourth-order valence-corrected chi connectivity index (χ4v) is 3.25. The fraction of sp³-hybridized carbons (Fsp3) is 0.350. The molecule has 8 heteroatoms. The molecule has 1 saturated heterocycles. The average Bonchev–Trinajstić information content (AvgIpc) is 3.19. The van der Waals surface area contributed by atoms with Crippen LogP contribution in [-0.4, -0.2) is 65.5 Å². The van der Waals surface area contributed by atoms with Gasteiger partial charge in [0.2, 0.25) is 5.88 Å². The highest BCUT2D eigenvalue weighted by atomic mass is 16.5. The Morgan fingerprint density at radius 2 is 2.04 bits per heavy atom. The van der Waals surface area contributed by atoms with Crippen LogP contribution in [0.4, 0.5) is 5.82 Å². The Hall–Kier alpha value is -2.97. The van der Waals surface area contributed by atoms with Crippen LogP contribution in [0.25, 0.3) is 10.9 Å². The molecule has 0 radical (unpaired) electrons. The molecule has 3 heterocycles. The van der Waals surface area contributed by atoms with E-state index in [1.807, 2.05) is 35.1 Å². The number of methoxy groups -OCH3 is 1. The predicted octanol–water partition coefficient (Wildman–Crippen LogP) is 2.02. The predicted molar refractivity (Wildman–Crippen MR) is 106 cm³/mol. The van der Waals surface area contributed by atoms with Gasteiger partial charge in [0.15, 0.2) is 5.82 Å². The van der Waals surface area contributed by atoms with Gasteiger partial charge in [-0.05, 0) is 6.07 Å². The second kappa shape index (κ2) is 8.37. The molecule has 1 amide bonds. The van der Waals surface area contributed by atoms with Crippen LogP contribution in [0.1, 0.15) is 10.4 Å². The van der Waals surface area contributed by atoms with Crippen LogP contribution in [0, 0.1) is 0 Å². The number of benzene rings is 1. The van der Waals surface area contributed by atoms with Gasteiger partial charge in [-0.2, -0.15) is 5.10 Å². The Labute approximate surface area is 163 Å². The first kappa shape index (κ1) is 18.4. The topological polar surface area (TPSA) is 81.5 Å². The van der Waals surface area contributed by atoms with Crippen molar-refractivity contribution >= 4 is 22.6 Å². The van der Waals surface area contributed by atoms with Gasteiger partial charge in [0.1, 0.15) is 0 Å². The minimum Gasteiger partial charge on any atom is -0.481 e. The van der Waals surface area contributed by atoms with Crippen LogP contribution >= 0.6 is 0 Å². The first-order chi connectivity index (χ1) is 13.7. The maximum atomic E-state index is 12.8. The van der Waals surface area contributed by atoms with E-state index < -0.39 is 0 Å². The fourth-order valence-electron chi connectivity index (χ4n) is 3.25. The van der Waals surface area contributed by atoms with Crippen LogP contribution in [0.5, 0.6) is 5.88 Å². The van der Waals surface area contributed by atoms with Crippen molar-refractivity contribution in [3.63, 3.8) is 0 Å². The summed E-state index contributed by atoms with van der Waals surface area (Å²) in [6.45, 7) is 5.13. The smallest absolute Gasteiger partial charge is 0.257 e. The Bertz CT molecular complexity index is 965. The normalized spacial score (nSPS) is 14.9. The van der Waals surface area contributed by atoms with Gasteiger partial charge in [-0.3, -0.25) is 14.4 Å². The summed E-state index contributed by atoms with van der Waals surface area (Å²) in [5.74, 6) is 0.682. The van der Waals surface area contributed by atoms with Crippen LogP contribution < -0.4 is 10.1 Å². The minimum atomic E-state index is -0.240. The number of aromatic nitrogens is 3. The van der Waals surface area contributed by atoms with Gasteiger partial charge in [0.25, 0.3) is 5.91 Å². The quantitative estimate of drug-likeness (QED) is 0.704. The molecule has 0 unspecified atom stereocenters. The van der Waals surface area contributed by atoms with Gasteiger partial charge in [-0.1, -0.05) is 18.2 Å². The van der Waals surface area contributed by atoms with Crippen molar-refractivity contribution in [1.29, 1.82) is 0 Å². The number of morpholine rings is 1. The largest absolute Gasteiger partial charge is 0.481 e. The summed E-state index contributed by atoms with van der Waals surface area (Å²) < 4.78 is 12.4. The highest BCUT2D eigenvalue weighted by molar-refractivity contribution is 6.12. The highest BCUT2D eigenvalue weighted by Gasteiger charge is 2.15. The number of hydrogen-bond acceptors (Lipinski definition) is 6. The Morgan fingerprint density at radius 1 is 1.21 bits per heavy atom. The lowest BCUT2D eigenvalue weighted by Crippen LogP contribution is -2.38. The first-order valence-electron chi connectivity index (χ1n) is 9.31. The molecule has 28 heavy (non-hydrogen) atoms. The molecule has 1 aromatic carbocycles. The third kappa shape index (κ3) is 4.13. The van der Waals surface area contributed by atoms with E-state index in [-0.39, 0.29) is 5.91 Å². The third-order valence-electron chi connectivity index (χ3n) is 4.78. The zero-order valence-electron chi connectivity index (χ0n) is 15.8. The van der Waals surface area contributed by atoms with Crippen LogP contribution in [-0.2, 0) is 11.3 Å². The summed E-state index contributed by atoms with van der Waals surface area (Å²) in [6.07, 6.45) is 1.88. The average molecular weight is 381 g/mol. The van der Waals surface area contributed by atoms with Crippen molar-refractivity contribution in [3.05, 3.63) is 48.2 Å². The SMILES string of the molecule is COc1cc(C(=O)Nc2ccn(CCN3CCOCC3)n2)c2ccccc2n1. The van der Waals surface area contributed by atoms with Crippen molar-refractivity contribution in [2.24, 2.45) is 0 Å². The second-order valence-corrected chi connectivity index (χ2v) is 6.60. The number of pyridine rings is 1. The van der Waals surface area contributed by atoms with Gasteiger partial charge >= 0.3 is 0 Å². The number of rotatable bonds is 6. The molecule has 0 atom stereocenters. The molecule has 1 N–H and O–H groups in total.